The number of nitrogens with zero attached hydrogens (tertiary/aromatic N) is 6. The van der Waals surface area contributed by atoms with Gasteiger partial charge in [-0.05, 0) is 36.8 Å². The predicted octanol–water partition coefficient (Wildman–Crippen LogP) is 3.22. The van der Waals surface area contributed by atoms with E-state index in [9.17, 15) is 18.7 Å². The predicted molar refractivity (Wildman–Crippen MR) is 157 cm³/mol. The molecule has 14 heteroatoms. The Hall–Kier alpha value is -4.50. The normalized spacial score (nSPS) is 18.8. The first-order valence-corrected chi connectivity index (χ1v) is 14.1. The van der Waals surface area contributed by atoms with Gasteiger partial charge in [0, 0.05) is 56.8 Å². The van der Waals surface area contributed by atoms with Crippen molar-refractivity contribution in [1.82, 2.24) is 30.1 Å². The number of para-hydroxylation sites is 1. The van der Waals surface area contributed by atoms with E-state index in [-0.39, 0.29) is 6.10 Å². The highest BCUT2D eigenvalue weighted by atomic mass is 19.2. The molecule has 0 saturated carbocycles. The minimum Gasteiger partial charge on any atom is -0.389 e. The fourth-order valence-corrected chi connectivity index (χ4v) is 5.24. The van der Waals surface area contributed by atoms with Crippen molar-refractivity contribution in [1.29, 1.82) is 0 Å². The van der Waals surface area contributed by atoms with Crippen LogP contribution in [0.1, 0.15) is 17.2 Å². The van der Waals surface area contributed by atoms with Gasteiger partial charge in [-0.1, -0.05) is 24.3 Å². The Labute approximate surface area is 252 Å². The average molecular weight is 607 g/mol. The van der Waals surface area contributed by atoms with Crippen molar-refractivity contribution in [3.05, 3.63) is 83.7 Å². The zero-order chi connectivity index (χ0) is 30.8. The molecule has 0 radical (unpaired) electrons. The van der Waals surface area contributed by atoms with Crippen molar-refractivity contribution < 1.29 is 28.3 Å². The highest BCUT2D eigenvalue weighted by Gasteiger charge is 2.37. The van der Waals surface area contributed by atoms with Crippen LogP contribution in [-0.4, -0.2) is 88.0 Å². The van der Waals surface area contributed by atoms with Gasteiger partial charge in [-0.25, -0.2) is 28.2 Å². The molecule has 2 saturated heterocycles. The number of aromatic nitrogens is 4. The quantitative estimate of drug-likeness (QED) is 0.263. The molecular weight excluding hydrogens is 574 g/mol. The molecule has 0 spiro atoms. The third-order valence-electron chi connectivity index (χ3n) is 7.57. The fraction of sp³-hybridized carbons (Fsp3) is 0.333. The van der Waals surface area contributed by atoms with Crippen molar-refractivity contribution in [3.63, 3.8) is 0 Å². The summed E-state index contributed by atoms with van der Waals surface area (Å²) in [4.78, 5) is 30.3. The van der Waals surface area contributed by atoms with E-state index in [1.54, 1.807) is 29.2 Å². The van der Waals surface area contributed by atoms with E-state index >= 15 is 0 Å². The number of amides is 2. The van der Waals surface area contributed by atoms with Crippen molar-refractivity contribution in [2.24, 2.45) is 0 Å². The van der Waals surface area contributed by atoms with Gasteiger partial charge in [-0.15, -0.1) is 0 Å². The van der Waals surface area contributed by atoms with E-state index in [1.165, 1.54) is 6.07 Å². The number of anilines is 2. The van der Waals surface area contributed by atoms with Crippen LogP contribution in [0.2, 0.25) is 0 Å². The number of carbonyl (C=O) groups is 1. The molecule has 2 aromatic heterocycles. The number of urea groups is 1. The Morgan fingerprint density at radius 1 is 1.09 bits per heavy atom. The number of methoxy groups -OCH3 is 1. The third-order valence-corrected chi connectivity index (χ3v) is 7.57. The molecule has 3 N–H and O–H groups in total. The van der Waals surface area contributed by atoms with Crippen LogP contribution in [0.5, 0.6) is 0 Å². The van der Waals surface area contributed by atoms with Crippen molar-refractivity contribution in [2.45, 2.75) is 25.2 Å². The average Bonchev–Trinajstić information content (AvgIpc) is 3.56. The summed E-state index contributed by atoms with van der Waals surface area (Å²) in [6.45, 7) is 3.90. The summed E-state index contributed by atoms with van der Waals surface area (Å²) in [5.74, 6) is -1.02. The number of β-amino-alcohol motifs (C(OH)–C–C–N with tert-alkyl or cyclic N) is 1. The topological polar surface area (TPSA) is 130 Å². The van der Waals surface area contributed by atoms with E-state index in [1.807, 2.05) is 42.2 Å². The lowest BCUT2D eigenvalue weighted by atomic mass is 10.0. The second kappa shape index (κ2) is 12.6. The van der Waals surface area contributed by atoms with Crippen LogP contribution in [0, 0.1) is 18.6 Å². The second-order valence-corrected chi connectivity index (χ2v) is 10.7. The van der Waals surface area contributed by atoms with Gasteiger partial charge >= 0.3 is 6.03 Å². The molecule has 2 aliphatic rings. The molecule has 2 amide bonds. The van der Waals surface area contributed by atoms with Crippen LogP contribution in [-0.2, 0) is 9.57 Å². The lowest BCUT2D eigenvalue weighted by Gasteiger charge is -2.35. The summed E-state index contributed by atoms with van der Waals surface area (Å²) in [6, 6.07) is 11.8. The van der Waals surface area contributed by atoms with Crippen LogP contribution in [0.3, 0.4) is 0 Å². The van der Waals surface area contributed by atoms with Crippen LogP contribution < -0.4 is 15.5 Å². The smallest absolute Gasteiger partial charge is 0.320 e. The Bertz CT molecular complexity index is 1620. The molecule has 4 aromatic rings. The lowest BCUT2D eigenvalue weighted by Crippen LogP contribution is -2.51. The number of aliphatic hydroxyl groups is 1. The summed E-state index contributed by atoms with van der Waals surface area (Å²) in [7, 11) is 1.57. The van der Waals surface area contributed by atoms with Crippen LogP contribution in [0.25, 0.3) is 16.9 Å². The molecule has 12 nitrogen and oxygen atoms in total. The van der Waals surface area contributed by atoms with E-state index in [0.717, 1.165) is 17.8 Å². The van der Waals surface area contributed by atoms with E-state index in [0.29, 0.717) is 66.9 Å². The Morgan fingerprint density at radius 2 is 1.84 bits per heavy atom. The number of hydroxylamine groups is 2. The summed E-state index contributed by atoms with van der Waals surface area (Å²) in [5, 5.41) is 21.9. The minimum absolute atomic E-state index is 0.292. The molecule has 0 bridgehead atoms. The molecule has 2 aliphatic heterocycles. The standard InChI is InChI=1S/C30H32F2N8O4/c1-18-26(20-13-33-29(34-14-20)38-15-22(41)16-38)37-40(21-6-4-3-5-7-21)28(18)36-30(42)35-25-17-39(10-11-43-2)44-27(25)19-8-9-23(31)24(32)12-19/h3-9,12-14,22,25,27,41H,10-11,15-17H2,1-2H3,(H2,35,36,42)/t25-,27+/m1/s1. The zero-order valence-electron chi connectivity index (χ0n) is 24.2. The largest absolute Gasteiger partial charge is 0.389 e. The van der Waals surface area contributed by atoms with Crippen molar-refractivity contribution in [3.8, 4) is 16.9 Å². The number of halogens is 2. The number of carbonyl (C=O) groups excluding carboxylic acids is 1. The SMILES string of the molecule is COCCN1C[C@@H](NC(=O)Nc2c(C)c(-c3cnc(N4CC(O)C4)nc3)nn2-c2ccccc2)[C@H](c2ccc(F)c(F)c2)O1. The minimum atomic E-state index is -1.00. The molecule has 0 aliphatic carbocycles. The summed E-state index contributed by atoms with van der Waals surface area (Å²) < 4.78 is 34.5. The molecule has 2 fully saturated rings. The fourth-order valence-electron chi connectivity index (χ4n) is 5.24. The molecule has 4 heterocycles. The molecule has 6 rings (SSSR count). The maximum atomic E-state index is 14.1. The van der Waals surface area contributed by atoms with Crippen LogP contribution in [0.4, 0.5) is 25.3 Å². The first-order valence-electron chi connectivity index (χ1n) is 14.1. The van der Waals surface area contributed by atoms with Crippen molar-refractivity contribution in [2.75, 3.05) is 50.1 Å². The number of ether oxygens (including phenoxy) is 1. The zero-order valence-corrected chi connectivity index (χ0v) is 24.2. The molecule has 2 atom stereocenters. The second-order valence-electron chi connectivity index (χ2n) is 10.7. The number of rotatable bonds is 9. The molecule has 230 valence electrons. The molecule has 0 unspecified atom stereocenters. The maximum absolute atomic E-state index is 14.1. The molecule has 2 aromatic carbocycles. The van der Waals surface area contributed by atoms with Gasteiger partial charge < -0.3 is 20.1 Å². The first kappa shape index (κ1) is 29.6. The number of nitrogens with one attached hydrogen (secondary N) is 2. The summed E-state index contributed by atoms with van der Waals surface area (Å²) >= 11 is 0. The van der Waals surface area contributed by atoms with Gasteiger partial charge in [0.25, 0.3) is 0 Å². The van der Waals surface area contributed by atoms with Gasteiger partial charge in [0.1, 0.15) is 17.6 Å². The Balaban J connectivity index is 1.26. The number of benzene rings is 2. The number of hydrogen-bond acceptors (Lipinski definition) is 9. The number of hydrogen-bond donors (Lipinski definition) is 3. The monoisotopic (exact) mass is 606 g/mol. The van der Waals surface area contributed by atoms with Crippen molar-refractivity contribution >= 4 is 17.8 Å². The maximum Gasteiger partial charge on any atom is 0.320 e. The van der Waals surface area contributed by atoms with Crippen LogP contribution in [0.15, 0.2) is 60.9 Å². The van der Waals surface area contributed by atoms with Gasteiger partial charge in [0.2, 0.25) is 5.95 Å². The first-order chi connectivity index (χ1) is 21.3. The van der Waals surface area contributed by atoms with Gasteiger partial charge in [0.15, 0.2) is 11.6 Å². The third kappa shape index (κ3) is 6.10. The highest BCUT2D eigenvalue weighted by Crippen LogP contribution is 2.32. The van der Waals surface area contributed by atoms with Gasteiger partial charge in [-0.2, -0.15) is 10.2 Å². The molecule has 44 heavy (non-hydrogen) atoms. The van der Waals surface area contributed by atoms with Gasteiger partial charge in [0.05, 0.1) is 24.4 Å². The number of aliphatic hydroxyl groups excluding tert-OH is 1. The summed E-state index contributed by atoms with van der Waals surface area (Å²) in [6.07, 6.45) is 2.20. The van der Waals surface area contributed by atoms with E-state index < -0.39 is 29.8 Å². The van der Waals surface area contributed by atoms with E-state index in [2.05, 4.69) is 20.6 Å². The Morgan fingerprint density at radius 3 is 2.52 bits per heavy atom. The summed E-state index contributed by atoms with van der Waals surface area (Å²) in [5.41, 5.74) is 3.02. The van der Waals surface area contributed by atoms with Gasteiger partial charge in [-0.3, -0.25) is 10.2 Å². The molecular formula is C30H32F2N8O4. The highest BCUT2D eigenvalue weighted by molar-refractivity contribution is 5.91. The van der Waals surface area contributed by atoms with E-state index in [4.69, 9.17) is 14.7 Å². The lowest BCUT2D eigenvalue weighted by molar-refractivity contribution is -0.154. The van der Waals surface area contributed by atoms with Crippen LogP contribution >= 0.6 is 0 Å². The Kier molecular flexibility index (Phi) is 8.48.